The lowest BCUT2D eigenvalue weighted by molar-refractivity contribution is -0.140. The number of thiazole rings is 1. The maximum Gasteiger partial charge on any atom is 0.434 e. The van der Waals surface area contributed by atoms with Gasteiger partial charge in [0.25, 0.3) is 0 Å². The number of aromatic nitrogens is 1. The van der Waals surface area contributed by atoms with Gasteiger partial charge < -0.3 is 0 Å². The summed E-state index contributed by atoms with van der Waals surface area (Å²) in [4.78, 5) is 3.39. The molecule has 0 saturated carbocycles. The Bertz CT molecular complexity index is 242. The van der Waals surface area contributed by atoms with E-state index in [4.69, 9.17) is 0 Å². The molecule has 0 amide bonds. The molecule has 0 aromatic carbocycles. The van der Waals surface area contributed by atoms with Crippen molar-refractivity contribution in [1.82, 2.24) is 4.98 Å². The first-order valence-corrected chi connectivity index (χ1v) is 4.93. The highest BCUT2D eigenvalue weighted by Crippen LogP contribution is 2.29. The molecule has 0 radical (unpaired) electrons. The van der Waals surface area contributed by atoms with Crippen molar-refractivity contribution in [3.63, 3.8) is 0 Å². The Kier molecular flexibility index (Phi) is 4.98. The van der Waals surface area contributed by atoms with E-state index in [2.05, 4.69) is 4.98 Å². The summed E-state index contributed by atoms with van der Waals surface area (Å²) in [7, 11) is 0. The van der Waals surface area contributed by atoms with E-state index < -0.39 is 11.9 Å². The highest BCUT2D eigenvalue weighted by atomic mass is 32.1. The van der Waals surface area contributed by atoms with Crippen LogP contribution in [-0.4, -0.2) is 4.98 Å². The molecule has 0 aliphatic heterocycles. The van der Waals surface area contributed by atoms with Gasteiger partial charge in [-0.05, 0) is 6.42 Å². The number of aryl methyl sites for hydroxylation is 1. The Labute approximate surface area is 79.6 Å². The van der Waals surface area contributed by atoms with Crippen LogP contribution in [0.25, 0.3) is 0 Å². The number of rotatable bonds is 1. The molecule has 1 rings (SSSR count). The van der Waals surface area contributed by atoms with Crippen LogP contribution in [0.3, 0.4) is 0 Å². The smallest absolute Gasteiger partial charge is 0.237 e. The van der Waals surface area contributed by atoms with Crippen LogP contribution >= 0.6 is 11.3 Å². The quantitative estimate of drug-likeness (QED) is 0.689. The van der Waals surface area contributed by atoms with Gasteiger partial charge in [0, 0.05) is 5.38 Å². The predicted molar refractivity (Wildman–Crippen MR) is 47.8 cm³/mol. The minimum Gasteiger partial charge on any atom is -0.237 e. The van der Waals surface area contributed by atoms with Gasteiger partial charge in [-0.2, -0.15) is 13.2 Å². The fraction of sp³-hybridized carbons (Fsp3) is 0.625. The van der Waals surface area contributed by atoms with Gasteiger partial charge in [0.05, 0.1) is 5.01 Å². The first-order chi connectivity index (χ1) is 6.04. The second-order valence-corrected chi connectivity index (χ2v) is 2.92. The van der Waals surface area contributed by atoms with Crippen molar-refractivity contribution in [3.8, 4) is 0 Å². The molecule has 0 unspecified atom stereocenters. The van der Waals surface area contributed by atoms with Crippen LogP contribution in [0.5, 0.6) is 0 Å². The van der Waals surface area contributed by atoms with Crippen molar-refractivity contribution >= 4 is 11.3 Å². The van der Waals surface area contributed by atoms with E-state index in [-0.39, 0.29) is 0 Å². The Morgan fingerprint density at radius 1 is 1.38 bits per heavy atom. The molecule has 0 fully saturated rings. The molecule has 0 bridgehead atoms. The number of hydrogen-bond donors (Lipinski definition) is 0. The molecule has 5 heteroatoms. The lowest BCUT2D eigenvalue weighted by Gasteiger charge is -1.99. The SMILES string of the molecule is CC.CCc1nc(C(F)(F)F)cs1. The summed E-state index contributed by atoms with van der Waals surface area (Å²) < 4.78 is 35.6. The van der Waals surface area contributed by atoms with Crippen molar-refractivity contribution in [2.24, 2.45) is 0 Å². The molecule has 0 atom stereocenters. The molecule has 0 spiro atoms. The zero-order valence-electron chi connectivity index (χ0n) is 7.77. The molecule has 1 nitrogen and oxygen atoms in total. The summed E-state index contributed by atoms with van der Waals surface area (Å²) in [5.74, 6) is 0. The Balaban J connectivity index is 0.000000671. The minimum absolute atomic E-state index is 0.525. The predicted octanol–water partition coefficient (Wildman–Crippen LogP) is 3.75. The van der Waals surface area contributed by atoms with E-state index in [1.54, 1.807) is 6.92 Å². The largest absolute Gasteiger partial charge is 0.434 e. The minimum atomic E-state index is -4.29. The first-order valence-electron chi connectivity index (χ1n) is 4.05. The number of hydrogen-bond acceptors (Lipinski definition) is 2. The van der Waals surface area contributed by atoms with E-state index in [9.17, 15) is 13.2 Å². The molecular formula is C8H12F3NS. The zero-order chi connectivity index (χ0) is 10.5. The number of halogens is 3. The van der Waals surface area contributed by atoms with E-state index in [0.29, 0.717) is 11.4 Å². The molecule has 1 aromatic rings. The summed E-state index contributed by atoms with van der Waals surface area (Å²) in [5.41, 5.74) is -0.778. The molecule has 0 saturated heterocycles. The average Bonchev–Trinajstić information content (AvgIpc) is 2.54. The lowest BCUT2D eigenvalue weighted by Crippen LogP contribution is -2.05. The van der Waals surface area contributed by atoms with Crippen molar-refractivity contribution in [2.75, 3.05) is 0 Å². The van der Waals surface area contributed by atoms with Gasteiger partial charge in [0.2, 0.25) is 0 Å². The molecule has 0 aliphatic carbocycles. The molecule has 1 heterocycles. The van der Waals surface area contributed by atoms with Gasteiger partial charge in [-0.25, -0.2) is 4.98 Å². The van der Waals surface area contributed by atoms with E-state index in [1.807, 2.05) is 13.8 Å². The second kappa shape index (κ2) is 5.21. The van der Waals surface area contributed by atoms with Crippen LogP contribution in [0.4, 0.5) is 13.2 Å². The Hall–Kier alpha value is -0.580. The summed E-state index contributed by atoms with van der Waals surface area (Å²) in [6.45, 7) is 5.78. The highest BCUT2D eigenvalue weighted by molar-refractivity contribution is 7.09. The van der Waals surface area contributed by atoms with Gasteiger partial charge in [0.15, 0.2) is 5.69 Å². The van der Waals surface area contributed by atoms with Crippen LogP contribution in [-0.2, 0) is 12.6 Å². The van der Waals surface area contributed by atoms with Gasteiger partial charge in [0.1, 0.15) is 0 Å². The third-order valence-corrected chi connectivity index (χ3v) is 2.14. The van der Waals surface area contributed by atoms with Gasteiger partial charge >= 0.3 is 6.18 Å². The van der Waals surface area contributed by atoms with Crippen molar-refractivity contribution < 1.29 is 13.2 Å². The number of alkyl halides is 3. The molecule has 0 aliphatic rings. The van der Waals surface area contributed by atoms with Gasteiger partial charge in [-0.1, -0.05) is 20.8 Å². The standard InChI is InChI=1S/C6H6F3NS.C2H6/c1-2-5-10-4(3-11-5)6(7,8)9;1-2/h3H,2H2,1H3;1-2H3. The fourth-order valence-corrected chi connectivity index (χ4v) is 1.36. The monoisotopic (exact) mass is 211 g/mol. The Morgan fingerprint density at radius 3 is 2.15 bits per heavy atom. The van der Waals surface area contributed by atoms with Crippen molar-refractivity contribution in [3.05, 3.63) is 16.1 Å². The van der Waals surface area contributed by atoms with Crippen molar-refractivity contribution in [2.45, 2.75) is 33.4 Å². The van der Waals surface area contributed by atoms with Gasteiger partial charge in [-0.15, -0.1) is 11.3 Å². The van der Waals surface area contributed by atoms with Crippen LogP contribution in [0.2, 0.25) is 0 Å². The van der Waals surface area contributed by atoms with Crippen LogP contribution in [0.15, 0.2) is 5.38 Å². The van der Waals surface area contributed by atoms with E-state index in [0.717, 1.165) is 16.7 Å². The first kappa shape index (κ1) is 12.4. The third-order valence-electron chi connectivity index (χ3n) is 1.14. The summed E-state index contributed by atoms with van der Waals surface area (Å²) >= 11 is 1.05. The zero-order valence-corrected chi connectivity index (χ0v) is 8.59. The van der Waals surface area contributed by atoms with Crippen LogP contribution in [0.1, 0.15) is 31.5 Å². The molecule has 76 valence electrons. The molecule has 1 aromatic heterocycles. The normalized spacial score (nSPS) is 10.6. The summed E-state index contributed by atoms with van der Waals surface area (Å²) in [6.07, 6.45) is -3.73. The average molecular weight is 211 g/mol. The highest BCUT2D eigenvalue weighted by Gasteiger charge is 2.33. The number of nitrogens with zero attached hydrogens (tertiary/aromatic N) is 1. The summed E-state index contributed by atoms with van der Waals surface area (Å²) in [6, 6.07) is 0. The Morgan fingerprint density at radius 2 is 1.92 bits per heavy atom. The fourth-order valence-electron chi connectivity index (χ4n) is 0.603. The van der Waals surface area contributed by atoms with Crippen LogP contribution < -0.4 is 0 Å². The molecule has 13 heavy (non-hydrogen) atoms. The topological polar surface area (TPSA) is 12.9 Å². The van der Waals surface area contributed by atoms with E-state index >= 15 is 0 Å². The van der Waals surface area contributed by atoms with E-state index in [1.165, 1.54) is 0 Å². The lowest BCUT2D eigenvalue weighted by atomic mass is 10.4. The maximum absolute atomic E-state index is 11.9. The van der Waals surface area contributed by atoms with Gasteiger partial charge in [-0.3, -0.25) is 0 Å². The molecular weight excluding hydrogens is 199 g/mol. The van der Waals surface area contributed by atoms with Crippen LogP contribution in [0, 0.1) is 0 Å². The maximum atomic E-state index is 11.9. The summed E-state index contributed by atoms with van der Waals surface area (Å²) in [5, 5.41) is 1.57. The third kappa shape index (κ3) is 3.76. The second-order valence-electron chi connectivity index (χ2n) is 1.98. The van der Waals surface area contributed by atoms with Crippen molar-refractivity contribution in [1.29, 1.82) is 0 Å². The molecule has 0 N–H and O–H groups in total.